The lowest BCUT2D eigenvalue weighted by atomic mass is 9.87. The largest absolute Gasteiger partial charge is 0.319 e. The first kappa shape index (κ1) is 19.1. The molecular formula is C19H27NO3. The number of rotatable bonds is 8. The van der Waals surface area contributed by atoms with Crippen LogP contribution < -0.4 is 5.32 Å². The van der Waals surface area contributed by atoms with Gasteiger partial charge in [-0.1, -0.05) is 51.3 Å². The van der Waals surface area contributed by atoms with Crippen molar-refractivity contribution in [3.05, 3.63) is 29.3 Å². The molecule has 23 heavy (non-hydrogen) atoms. The van der Waals surface area contributed by atoms with E-state index in [-0.39, 0.29) is 11.7 Å². The Balaban J connectivity index is 2.89. The van der Waals surface area contributed by atoms with E-state index in [9.17, 15) is 14.4 Å². The van der Waals surface area contributed by atoms with Crippen LogP contribution in [0.5, 0.6) is 0 Å². The van der Waals surface area contributed by atoms with Crippen molar-refractivity contribution in [3.63, 3.8) is 0 Å². The summed E-state index contributed by atoms with van der Waals surface area (Å²) in [5.41, 5.74) is 2.59. The van der Waals surface area contributed by atoms with Gasteiger partial charge in [-0.05, 0) is 31.9 Å². The Morgan fingerprint density at radius 2 is 1.78 bits per heavy atom. The quantitative estimate of drug-likeness (QED) is 0.585. The van der Waals surface area contributed by atoms with Gasteiger partial charge in [0.15, 0.2) is 0 Å². The van der Waals surface area contributed by atoms with Gasteiger partial charge >= 0.3 is 0 Å². The smallest absolute Gasteiger partial charge is 0.292 e. The molecule has 1 aromatic rings. The third kappa shape index (κ3) is 5.31. The minimum absolute atomic E-state index is 0.153. The first-order chi connectivity index (χ1) is 10.8. The summed E-state index contributed by atoms with van der Waals surface area (Å²) < 4.78 is 0. The number of amides is 1. The highest BCUT2D eigenvalue weighted by molar-refractivity contribution is 6.44. The van der Waals surface area contributed by atoms with Crippen LogP contribution >= 0.6 is 0 Å². The van der Waals surface area contributed by atoms with Gasteiger partial charge in [-0.15, -0.1) is 0 Å². The lowest BCUT2D eigenvalue weighted by Gasteiger charge is -2.17. The van der Waals surface area contributed by atoms with Crippen LogP contribution in [0.25, 0.3) is 0 Å². The van der Waals surface area contributed by atoms with E-state index in [0.717, 1.165) is 24.0 Å². The highest BCUT2D eigenvalue weighted by Gasteiger charge is 2.32. The SMILES string of the molecule is CCCC[C@H](C(=O)C(=O)Nc1ccc(C)cc1C)C(=O)C(C)C. The van der Waals surface area contributed by atoms with E-state index in [4.69, 9.17) is 0 Å². The number of unbranched alkanes of at least 4 members (excludes halogenated alkanes) is 1. The first-order valence-electron chi connectivity index (χ1n) is 8.24. The predicted molar refractivity (Wildman–Crippen MR) is 92.4 cm³/mol. The summed E-state index contributed by atoms with van der Waals surface area (Å²) in [6.45, 7) is 9.36. The van der Waals surface area contributed by atoms with Crippen LogP contribution in [0.1, 0.15) is 51.2 Å². The molecule has 0 aliphatic carbocycles. The van der Waals surface area contributed by atoms with Crippen molar-refractivity contribution in [1.29, 1.82) is 0 Å². The Labute approximate surface area is 138 Å². The number of hydrogen-bond acceptors (Lipinski definition) is 3. The number of carbonyl (C=O) groups is 3. The number of carbonyl (C=O) groups excluding carboxylic acids is 3. The fourth-order valence-electron chi connectivity index (χ4n) is 2.51. The minimum Gasteiger partial charge on any atom is -0.319 e. The second-order valence-corrected chi connectivity index (χ2v) is 6.39. The lowest BCUT2D eigenvalue weighted by molar-refractivity contribution is -0.142. The first-order valence-corrected chi connectivity index (χ1v) is 8.24. The van der Waals surface area contributed by atoms with E-state index in [1.54, 1.807) is 19.9 Å². The molecule has 0 aromatic heterocycles. The number of nitrogens with one attached hydrogen (secondary N) is 1. The van der Waals surface area contributed by atoms with E-state index >= 15 is 0 Å². The van der Waals surface area contributed by atoms with Gasteiger partial charge in [0.05, 0.1) is 5.92 Å². The van der Waals surface area contributed by atoms with Gasteiger partial charge in [-0.3, -0.25) is 14.4 Å². The maximum atomic E-state index is 12.4. The number of hydrogen-bond donors (Lipinski definition) is 1. The summed E-state index contributed by atoms with van der Waals surface area (Å²) in [5, 5.41) is 2.65. The van der Waals surface area contributed by atoms with Gasteiger partial charge in [-0.25, -0.2) is 0 Å². The molecule has 1 N–H and O–H groups in total. The van der Waals surface area contributed by atoms with Crippen LogP contribution in [-0.2, 0) is 14.4 Å². The molecule has 0 unspecified atom stereocenters. The zero-order chi connectivity index (χ0) is 17.6. The predicted octanol–water partition coefficient (Wildman–Crippen LogP) is 3.84. The third-order valence-corrected chi connectivity index (χ3v) is 3.93. The summed E-state index contributed by atoms with van der Waals surface area (Å²) >= 11 is 0. The van der Waals surface area contributed by atoms with Crippen molar-refractivity contribution in [1.82, 2.24) is 0 Å². The molecule has 1 rings (SSSR count). The molecule has 0 aliphatic rings. The molecule has 0 fully saturated rings. The molecule has 1 atom stereocenters. The average Bonchev–Trinajstić information content (AvgIpc) is 2.49. The van der Waals surface area contributed by atoms with Crippen molar-refractivity contribution in [2.75, 3.05) is 5.32 Å². The van der Waals surface area contributed by atoms with Crippen molar-refractivity contribution in [3.8, 4) is 0 Å². The second kappa shape index (κ2) is 8.61. The molecule has 126 valence electrons. The van der Waals surface area contributed by atoms with Gasteiger partial charge in [0.25, 0.3) is 5.91 Å². The highest BCUT2D eigenvalue weighted by Crippen LogP contribution is 2.19. The molecule has 0 bridgehead atoms. The topological polar surface area (TPSA) is 63.2 Å². The average molecular weight is 317 g/mol. The molecule has 4 nitrogen and oxygen atoms in total. The monoisotopic (exact) mass is 317 g/mol. The zero-order valence-electron chi connectivity index (χ0n) is 14.7. The summed E-state index contributed by atoms with van der Waals surface area (Å²) in [6.07, 6.45) is 2.08. The maximum Gasteiger partial charge on any atom is 0.292 e. The maximum absolute atomic E-state index is 12.4. The summed E-state index contributed by atoms with van der Waals surface area (Å²) in [7, 11) is 0. The molecule has 0 saturated carbocycles. The summed E-state index contributed by atoms with van der Waals surface area (Å²) in [4.78, 5) is 37.0. The van der Waals surface area contributed by atoms with Crippen LogP contribution in [0, 0.1) is 25.7 Å². The lowest BCUT2D eigenvalue weighted by Crippen LogP contribution is -2.36. The van der Waals surface area contributed by atoms with Crippen molar-refractivity contribution >= 4 is 23.2 Å². The fourth-order valence-corrected chi connectivity index (χ4v) is 2.51. The van der Waals surface area contributed by atoms with Gasteiger partial charge in [0, 0.05) is 11.6 Å². The third-order valence-electron chi connectivity index (χ3n) is 3.93. The van der Waals surface area contributed by atoms with E-state index in [2.05, 4.69) is 5.32 Å². The van der Waals surface area contributed by atoms with E-state index < -0.39 is 17.6 Å². The number of anilines is 1. The number of ketones is 2. The standard InChI is InChI=1S/C19H27NO3/c1-6-7-8-15(17(21)12(2)3)18(22)19(23)20-16-10-9-13(4)11-14(16)5/h9-12,15H,6-8H2,1-5H3,(H,20,23)/t15-/m0/s1. The molecule has 4 heteroatoms. The Bertz CT molecular complexity index is 590. The molecule has 0 saturated heterocycles. The fraction of sp³-hybridized carbons (Fsp3) is 0.526. The summed E-state index contributed by atoms with van der Waals surface area (Å²) in [6, 6.07) is 5.59. The van der Waals surface area contributed by atoms with E-state index in [0.29, 0.717) is 12.1 Å². The van der Waals surface area contributed by atoms with Crippen molar-refractivity contribution in [2.45, 2.75) is 53.9 Å². The van der Waals surface area contributed by atoms with E-state index in [1.807, 2.05) is 32.9 Å². The Morgan fingerprint density at radius 1 is 1.13 bits per heavy atom. The Kier molecular flexibility index (Phi) is 7.14. The van der Waals surface area contributed by atoms with Crippen LogP contribution in [0.3, 0.4) is 0 Å². The molecule has 0 heterocycles. The molecule has 1 aromatic carbocycles. The van der Waals surface area contributed by atoms with Gasteiger partial charge < -0.3 is 5.32 Å². The Morgan fingerprint density at radius 3 is 2.30 bits per heavy atom. The van der Waals surface area contributed by atoms with Crippen molar-refractivity contribution < 1.29 is 14.4 Å². The zero-order valence-corrected chi connectivity index (χ0v) is 14.7. The number of aryl methyl sites for hydroxylation is 2. The molecule has 0 spiro atoms. The van der Waals surface area contributed by atoms with Crippen LogP contribution in [-0.4, -0.2) is 17.5 Å². The van der Waals surface area contributed by atoms with Crippen LogP contribution in [0.4, 0.5) is 5.69 Å². The molecule has 1 amide bonds. The Hall–Kier alpha value is -1.97. The second-order valence-electron chi connectivity index (χ2n) is 6.39. The number of benzene rings is 1. The van der Waals surface area contributed by atoms with Crippen LogP contribution in [0.15, 0.2) is 18.2 Å². The molecular weight excluding hydrogens is 290 g/mol. The highest BCUT2D eigenvalue weighted by atomic mass is 16.2. The molecule has 0 aliphatic heterocycles. The van der Waals surface area contributed by atoms with Crippen LogP contribution in [0.2, 0.25) is 0 Å². The minimum atomic E-state index is -0.833. The van der Waals surface area contributed by atoms with Gasteiger partial charge in [-0.2, -0.15) is 0 Å². The van der Waals surface area contributed by atoms with Gasteiger partial charge in [0.1, 0.15) is 5.78 Å². The number of Topliss-reactive ketones (excluding diaryl/α,β-unsaturated/α-hetero) is 2. The normalized spacial score (nSPS) is 12.1. The van der Waals surface area contributed by atoms with Gasteiger partial charge in [0.2, 0.25) is 5.78 Å². The van der Waals surface area contributed by atoms with E-state index in [1.165, 1.54) is 0 Å². The van der Waals surface area contributed by atoms with Crippen molar-refractivity contribution in [2.24, 2.45) is 11.8 Å². The summed E-state index contributed by atoms with van der Waals surface area (Å²) in [5.74, 6) is -2.57. The molecule has 0 radical (unpaired) electrons.